The molecule has 0 aliphatic carbocycles. The largest absolute Gasteiger partial charge is 0.303 e. The van der Waals surface area contributed by atoms with Crippen LogP contribution in [0.3, 0.4) is 0 Å². The third-order valence-electron chi connectivity index (χ3n) is 1.68. The standard InChI is InChI=1S/C9H18O.Rh/c1-2-3-4-5-6-7-8-9-10;/h9H,2-8H2,1H3;. The van der Waals surface area contributed by atoms with E-state index in [1.54, 1.807) is 0 Å². The Balaban J connectivity index is 0. The second kappa shape index (κ2) is 12.9. The van der Waals surface area contributed by atoms with Gasteiger partial charge in [0.2, 0.25) is 0 Å². The number of unbranched alkanes of at least 4 members (excludes halogenated alkanes) is 6. The summed E-state index contributed by atoms with van der Waals surface area (Å²) in [6.45, 7) is 2.21. The van der Waals surface area contributed by atoms with E-state index < -0.39 is 0 Å². The number of hydrogen-bond acceptors (Lipinski definition) is 1. The van der Waals surface area contributed by atoms with E-state index in [0.29, 0.717) is 0 Å². The SMILES string of the molecule is CCCCCCCCC=O.[Rh]. The van der Waals surface area contributed by atoms with Crippen LogP contribution in [0, 0.1) is 0 Å². The number of aldehydes is 1. The zero-order valence-electron chi connectivity index (χ0n) is 7.27. The van der Waals surface area contributed by atoms with Crippen molar-refractivity contribution in [3.8, 4) is 0 Å². The van der Waals surface area contributed by atoms with E-state index in [1.165, 1.54) is 32.1 Å². The average molecular weight is 245 g/mol. The molecule has 0 atom stereocenters. The molecular weight excluding hydrogens is 227 g/mol. The van der Waals surface area contributed by atoms with Crippen molar-refractivity contribution in [3.05, 3.63) is 0 Å². The first-order valence-corrected chi connectivity index (χ1v) is 4.35. The normalized spacial score (nSPS) is 8.82. The van der Waals surface area contributed by atoms with E-state index in [0.717, 1.165) is 19.1 Å². The molecule has 0 amide bonds. The minimum absolute atomic E-state index is 0. The molecule has 1 radical (unpaired) electrons. The second-order valence-corrected chi connectivity index (χ2v) is 2.72. The van der Waals surface area contributed by atoms with E-state index >= 15 is 0 Å². The molecule has 0 aliphatic heterocycles. The van der Waals surface area contributed by atoms with Gasteiger partial charge in [0.25, 0.3) is 0 Å². The summed E-state index contributed by atoms with van der Waals surface area (Å²) in [7, 11) is 0. The molecule has 0 rings (SSSR count). The Labute approximate surface area is 82.7 Å². The van der Waals surface area contributed by atoms with Crippen molar-refractivity contribution in [2.75, 3.05) is 0 Å². The van der Waals surface area contributed by atoms with E-state index in [1.807, 2.05) is 0 Å². The second-order valence-electron chi connectivity index (χ2n) is 2.72. The van der Waals surface area contributed by atoms with E-state index in [-0.39, 0.29) is 19.5 Å². The summed E-state index contributed by atoms with van der Waals surface area (Å²) in [5.74, 6) is 0. The van der Waals surface area contributed by atoms with Crippen LogP contribution >= 0.6 is 0 Å². The molecule has 2 heteroatoms. The minimum Gasteiger partial charge on any atom is -0.303 e. The van der Waals surface area contributed by atoms with Crippen molar-refractivity contribution in [1.82, 2.24) is 0 Å². The van der Waals surface area contributed by atoms with Gasteiger partial charge in [0.1, 0.15) is 6.29 Å². The van der Waals surface area contributed by atoms with Crippen LogP contribution in [0.4, 0.5) is 0 Å². The van der Waals surface area contributed by atoms with Crippen LogP contribution in [0.15, 0.2) is 0 Å². The molecule has 0 saturated heterocycles. The first kappa shape index (κ1) is 13.9. The smallest absolute Gasteiger partial charge is 0.119 e. The average Bonchev–Trinajstić information content (AvgIpc) is 1.97. The fourth-order valence-corrected chi connectivity index (χ4v) is 1.01. The fourth-order valence-electron chi connectivity index (χ4n) is 1.01. The van der Waals surface area contributed by atoms with Gasteiger partial charge in [-0.25, -0.2) is 0 Å². The van der Waals surface area contributed by atoms with E-state index in [2.05, 4.69) is 6.92 Å². The third kappa shape index (κ3) is 13.3. The van der Waals surface area contributed by atoms with Crippen molar-refractivity contribution >= 4 is 6.29 Å². The number of carbonyl (C=O) groups excluding carboxylic acids is 1. The van der Waals surface area contributed by atoms with Crippen LogP contribution in [0.5, 0.6) is 0 Å². The van der Waals surface area contributed by atoms with Crippen molar-refractivity contribution in [2.45, 2.75) is 51.9 Å². The summed E-state index contributed by atoms with van der Waals surface area (Å²) in [5, 5.41) is 0. The van der Waals surface area contributed by atoms with Gasteiger partial charge in [-0.2, -0.15) is 0 Å². The van der Waals surface area contributed by atoms with Crippen LogP contribution in [0.1, 0.15) is 51.9 Å². The summed E-state index contributed by atoms with van der Waals surface area (Å²) in [6.07, 6.45) is 9.39. The van der Waals surface area contributed by atoms with Crippen LogP contribution < -0.4 is 0 Å². The zero-order valence-corrected chi connectivity index (χ0v) is 8.91. The topological polar surface area (TPSA) is 17.1 Å². The summed E-state index contributed by atoms with van der Waals surface area (Å²) in [4.78, 5) is 9.89. The molecule has 0 spiro atoms. The van der Waals surface area contributed by atoms with Gasteiger partial charge in [-0.3, -0.25) is 0 Å². The molecule has 0 bridgehead atoms. The maximum absolute atomic E-state index is 9.89. The van der Waals surface area contributed by atoms with Crippen LogP contribution in [0.25, 0.3) is 0 Å². The first-order chi connectivity index (χ1) is 4.91. The van der Waals surface area contributed by atoms with Crippen molar-refractivity contribution in [1.29, 1.82) is 0 Å². The molecular formula is C9H18ORh. The van der Waals surface area contributed by atoms with Crippen LogP contribution in [-0.2, 0) is 24.3 Å². The monoisotopic (exact) mass is 245 g/mol. The molecule has 0 aromatic carbocycles. The number of hydrogen-bond donors (Lipinski definition) is 0. The Hall–Kier alpha value is 0.293. The Morgan fingerprint density at radius 3 is 2.09 bits per heavy atom. The Morgan fingerprint density at radius 2 is 1.55 bits per heavy atom. The Morgan fingerprint density at radius 1 is 1.00 bits per heavy atom. The van der Waals surface area contributed by atoms with Crippen molar-refractivity contribution < 1.29 is 24.3 Å². The van der Waals surface area contributed by atoms with Gasteiger partial charge in [0.05, 0.1) is 0 Å². The van der Waals surface area contributed by atoms with E-state index in [4.69, 9.17) is 0 Å². The van der Waals surface area contributed by atoms with Crippen molar-refractivity contribution in [2.24, 2.45) is 0 Å². The zero-order chi connectivity index (χ0) is 7.66. The molecule has 0 aromatic rings. The summed E-state index contributed by atoms with van der Waals surface area (Å²) < 4.78 is 0. The Bertz CT molecular complexity index is 74.0. The van der Waals surface area contributed by atoms with Gasteiger partial charge < -0.3 is 4.79 Å². The van der Waals surface area contributed by atoms with Crippen molar-refractivity contribution in [3.63, 3.8) is 0 Å². The molecule has 0 aliphatic rings. The minimum atomic E-state index is 0. The van der Waals surface area contributed by atoms with Gasteiger partial charge in [-0.1, -0.05) is 39.0 Å². The van der Waals surface area contributed by atoms with Gasteiger partial charge in [0, 0.05) is 25.9 Å². The summed E-state index contributed by atoms with van der Waals surface area (Å²) in [6, 6.07) is 0. The molecule has 11 heavy (non-hydrogen) atoms. The van der Waals surface area contributed by atoms with Gasteiger partial charge >= 0.3 is 0 Å². The molecule has 0 saturated carbocycles. The summed E-state index contributed by atoms with van der Waals surface area (Å²) >= 11 is 0. The van der Waals surface area contributed by atoms with Crippen LogP contribution in [0.2, 0.25) is 0 Å². The maximum atomic E-state index is 9.89. The maximum Gasteiger partial charge on any atom is 0.119 e. The fraction of sp³-hybridized carbons (Fsp3) is 0.889. The first-order valence-electron chi connectivity index (χ1n) is 4.35. The predicted molar refractivity (Wildman–Crippen MR) is 44.1 cm³/mol. The molecule has 69 valence electrons. The molecule has 0 N–H and O–H groups in total. The van der Waals surface area contributed by atoms with E-state index in [9.17, 15) is 4.79 Å². The van der Waals surface area contributed by atoms with Gasteiger partial charge in [0.15, 0.2) is 0 Å². The molecule has 0 heterocycles. The predicted octanol–water partition coefficient (Wildman–Crippen LogP) is 2.93. The van der Waals surface area contributed by atoms with Crippen LogP contribution in [-0.4, -0.2) is 6.29 Å². The third-order valence-corrected chi connectivity index (χ3v) is 1.68. The van der Waals surface area contributed by atoms with Gasteiger partial charge in [-0.05, 0) is 6.42 Å². The quantitative estimate of drug-likeness (QED) is 0.383. The molecule has 0 aromatic heterocycles. The number of carbonyl (C=O) groups is 1. The molecule has 0 fully saturated rings. The summed E-state index contributed by atoms with van der Waals surface area (Å²) in [5.41, 5.74) is 0. The Kier molecular flexibility index (Phi) is 16.3. The molecule has 0 unspecified atom stereocenters. The van der Waals surface area contributed by atoms with Gasteiger partial charge in [-0.15, -0.1) is 0 Å². The molecule has 1 nitrogen and oxygen atoms in total. The number of rotatable bonds is 7.